The molecule has 4 saturated carbocycles. The maximum Gasteiger partial charge on any atom is 0.391 e. The number of ether oxygens (including phenoxy) is 1. The lowest BCUT2D eigenvalue weighted by Gasteiger charge is -2.58. The normalized spacial score (nSPS) is 41.1. The van der Waals surface area contributed by atoms with Crippen LogP contribution >= 0.6 is 0 Å². The summed E-state index contributed by atoms with van der Waals surface area (Å²) in [7, 11) is 0. The van der Waals surface area contributed by atoms with E-state index in [1.165, 1.54) is 19.3 Å². The second kappa shape index (κ2) is 5.16. The zero-order chi connectivity index (χ0) is 14.4. The standard InChI is InChI=1S/C15H23F3O2/c16-15(17,18)1-2-20-9-13(19)14-6-10-3-11(7-14)5-12(4-10)8-14/h10-13,19H,1-9H2. The lowest BCUT2D eigenvalue weighted by molar-refractivity contribution is -0.160. The van der Waals surface area contributed by atoms with Gasteiger partial charge in [-0.1, -0.05) is 0 Å². The first-order valence-corrected chi connectivity index (χ1v) is 7.69. The van der Waals surface area contributed by atoms with Gasteiger partial charge in [0.05, 0.1) is 25.7 Å². The Hall–Kier alpha value is -0.290. The number of hydrogen-bond acceptors (Lipinski definition) is 2. The SMILES string of the molecule is OC(COCCC(F)(F)F)C12CC3CC(CC(C3)C1)C2. The maximum atomic E-state index is 12.1. The largest absolute Gasteiger partial charge is 0.391 e. The van der Waals surface area contributed by atoms with Crippen molar-refractivity contribution in [1.82, 2.24) is 0 Å². The lowest BCUT2D eigenvalue weighted by atomic mass is 9.48. The minimum Gasteiger partial charge on any atom is -0.390 e. The molecule has 0 aromatic rings. The topological polar surface area (TPSA) is 29.5 Å². The summed E-state index contributed by atoms with van der Waals surface area (Å²) in [6.45, 7) is -0.283. The molecule has 1 unspecified atom stereocenters. The molecule has 2 nitrogen and oxygen atoms in total. The molecule has 0 saturated heterocycles. The highest BCUT2D eigenvalue weighted by molar-refractivity contribution is 5.04. The molecule has 4 fully saturated rings. The van der Waals surface area contributed by atoms with E-state index in [4.69, 9.17) is 4.74 Å². The van der Waals surface area contributed by atoms with Crippen molar-refractivity contribution in [3.63, 3.8) is 0 Å². The Morgan fingerprint density at radius 3 is 2.00 bits per heavy atom. The first kappa shape index (κ1) is 14.6. The second-order valence-corrected chi connectivity index (χ2v) is 7.24. The van der Waals surface area contributed by atoms with Crippen molar-refractivity contribution in [3.05, 3.63) is 0 Å². The van der Waals surface area contributed by atoms with Crippen molar-refractivity contribution in [2.75, 3.05) is 13.2 Å². The molecule has 5 heteroatoms. The first-order chi connectivity index (χ1) is 9.36. The molecule has 4 rings (SSSR count). The van der Waals surface area contributed by atoms with Gasteiger partial charge < -0.3 is 9.84 Å². The zero-order valence-electron chi connectivity index (χ0n) is 11.7. The average Bonchev–Trinajstić information content (AvgIpc) is 2.31. The first-order valence-electron chi connectivity index (χ1n) is 7.69. The van der Waals surface area contributed by atoms with Gasteiger partial charge in [0, 0.05) is 0 Å². The van der Waals surface area contributed by atoms with Crippen LogP contribution < -0.4 is 0 Å². The summed E-state index contributed by atoms with van der Waals surface area (Å²) in [6.07, 6.45) is 1.31. The lowest BCUT2D eigenvalue weighted by Crippen LogP contribution is -2.52. The molecule has 0 radical (unpaired) electrons. The summed E-state index contributed by atoms with van der Waals surface area (Å²) in [5.41, 5.74) is -0.0625. The van der Waals surface area contributed by atoms with Gasteiger partial charge in [0.1, 0.15) is 0 Å². The molecule has 0 aromatic heterocycles. The van der Waals surface area contributed by atoms with Gasteiger partial charge in [-0.3, -0.25) is 0 Å². The maximum absolute atomic E-state index is 12.1. The van der Waals surface area contributed by atoms with Gasteiger partial charge in [0.15, 0.2) is 0 Å². The third-order valence-electron chi connectivity index (χ3n) is 5.60. The van der Waals surface area contributed by atoms with Crippen molar-refractivity contribution < 1.29 is 23.0 Å². The Bertz CT molecular complexity index is 318. The predicted molar refractivity (Wildman–Crippen MR) is 68.1 cm³/mol. The molecular weight excluding hydrogens is 269 g/mol. The number of alkyl halides is 3. The highest BCUT2D eigenvalue weighted by atomic mass is 19.4. The summed E-state index contributed by atoms with van der Waals surface area (Å²) in [5, 5.41) is 10.4. The van der Waals surface area contributed by atoms with E-state index in [1.807, 2.05) is 0 Å². The fraction of sp³-hybridized carbons (Fsp3) is 1.00. The minimum atomic E-state index is -4.17. The molecule has 116 valence electrons. The van der Waals surface area contributed by atoms with Crippen LogP contribution in [0.15, 0.2) is 0 Å². The van der Waals surface area contributed by atoms with Crippen LogP contribution in [0, 0.1) is 23.2 Å². The fourth-order valence-corrected chi connectivity index (χ4v) is 5.15. The van der Waals surface area contributed by atoms with Gasteiger partial charge in [-0.05, 0) is 61.7 Å². The van der Waals surface area contributed by atoms with Crippen LogP contribution in [-0.4, -0.2) is 30.6 Å². The zero-order valence-corrected chi connectivity index (χ0v) is 11.7. The van der Waals surface area contributed by atoms with Crippen molar-refractivity contribution in [1.29, 1.82) is 0 Å². The van der Waals surface area contributed by atoms with E-state index in [2.05, 4.69) is 0 Å². The van der Waals surface area contributed by atoms with E-state index in [1.54, 1.807) is 0 Å². The third kappa shape index (κ3) is 2.98. The summed E-state index contributed by atoms with van der Waals surface area (Å²) in [4.78, 5) is 0. The van der Waals surface area contributed by atoms with Gasteiger partial charge in [0.25, 0.3) is 0 Å². The van der Waals surface area contributed by atoms with Crippen LogP contribution in [-0.2, 0) is 4.74 Å². The smallest absolute Gasteiger partial charge is 0.390 e. The Morgan fingerprint density at radius 2 is 1.55 bits per heavy atom. The number of aliphatic hydroxyl groups is 1. The van der Waals surface area contributed by atoms with Gasteiger partial charge >= 0.3 is 6.18 Å². The molecule has 1 N–H and O–H groups in total. The van der Waals surface area contributed by atoms with Crippen molar-refractivity contribution in [3.8, 4) is 0 Å². The van der Waals surface area contributed by atoms with E-state index in [0.29, 0.717) is 0 Å². The van der Waals surface area contributed by atoms with Crippen LogP contribution in [0.5, 0.6) is 0 Å². The number of rotatable bonds is 5. The number of halogens is 3. The van der Waals surface area contributed by atoms with Gasteiger partial charge in [-0.25, -0.2) is 0 Å². The quantitative estimate of drug-likeness (QED) is 0.785. The van der Waals surface area contributed by atoms with E-state index in [-0.39, 0.29) is 18.6 Å². The Kier molecular flexibility index (Phi) is 3.78. The molecule has 4 aliphatic carbocycles. The Labute approximate surface area is 117 Å². The Morgan fingerprint density at radius 1 is 1.05 bits per heavy atom. The van der Waals surface area contributed by atoms with E-state index >= 15 is 0 Å². The highest BCUT2D eigenvalue weighted by Crippen LogP contribution is 2.61. The summed E-state index contributed by atoms with van der Waals surface area (Å²) in [5.74, 6) is 2.18. The molecule has 4 bridgehead atoms. The Balaban J connectivity index is 1.51. The molecule has 0 heterocycles. The van der Waals surface area contributed by atoms with Gasteiger partial charge in [-0.15, -0.1) is 0 Å². The van der Waals surface area contributed by atoms with Crippen molar-refractivity contribution in [2.24, 2.45) is 23.2 Å². The second-order valence-electron chi connectivity index (χ2n) is 7.24. The van der Waals surface area contributed by atoms with Crippen LogP contribution in [0.25, 0.3) is 0 Å². The average molecular weight is 292 g/mol. The molecular formula is C15H23F3O2. The number of hydrogen-bond donors (Lipinski definition) is 1. The van der Waals surface area contributed by atoms with Crippen LogP contribution in [0.4, 0.5) is 13.2 Å². The minimum absolute atomic E-state index is 0.0578. The summed E-state index contributed by atoms with van der Waals surface area (Å²) in [6, 6.07) is 0. The van der Waals surface area contributed by atoms with Crippen LogP contribution in [0.1, 0.15) is 44.9 Å². The van der Waals surface area contributed by atoms with Gasteiger partial charge in [-0.2, -0.15) is 13.2 Å². The van der Waals surface area contributed by atoms with Crippen LogP contribution in [0.2, 0.25) is 0 Å². The molecule has 20 heavy (non-hydrogen) atoms. The molecule has 0 aromatic carbocycles. The molecule has 0 amide bonds. The van der Waals surface area contributed by atoms with Crippen molar-refractivity contribution in [2.45, 2.75) is 57.2 Å². The third-order valence-corrected chi connectivity index (χ3v) is 5.60. The van der Waals surface area contributed by atoms with Crippen LogP contribution in [0.3, 0.4) is 0 Å². The molecule has 4 aliphatic rings. The summed E-state index contributed by atoms with van der Waals surface area (Å²) < 4.78 is 41.2. The highest BCUT2D eigenvalue weighted by Gasteiger charge is 2.53. The van der Waals surface area contributed by atoms with Gasteiger partial charge in [0.2, 0.25) is 0 Å². The predicted octanol–water partition coefficient (Wildman–Crippen LogP) is 3.53. The fourth-order valence-electron chi connectivity index (χ4n) is 5.15. The molecule has 1 atom stereocenters. The molecule has 0 spiro atoms. The summed E-state index contributed by atoms with van der Waals surface area (Å²) >= 11 is 0. The van der Waals surface area contributed by atoms with Crippen molar-refractivity contribution >= 4 is 0 Å². The molecule has 0 aliphatic heterocycles. The van der Waals surface area contributed by atoms with E-state index in [9.17, 15) is 18.3 Å². The van der Waals surface area contributed by atoms with E-state index < -0.39 is 18.7 Å². The monoisotopic (exact) mass is 292 g/mol. The number of aliphatic hydroxyl groups excluding tert-OH is 1. The van der Waals surface area contributed by atoms with E-state index in [0.717, 1.165) is 37.0 Å².